The summed E-state index contributed by atoms with van der Waals surface area (Å²) < 4.78 is 30.6. The van der Waals surface area contributed by atoms with Gasteiger partial charge >= 0.3 is 6.09 Å². The first kappa shape index (κ1) is 27.4. The van der Waals surface area contributed by atoms with E-state index >= 15 is 0 Å². The van der Waals surface area contributed by atoms with Crippen LogP contribution in [0.2, 0.25) is 0 Å². The lowest BCUT2D eigenvalue weighted by Crippen LogP contribution is -2.55. The zero-order chi connectivity index (χ0) is 27.0. The number of sulfonamides is 1. The molecule has 10 heteroatoms. The molecule has 4 rings (SSSR count). The molecule has 1 saturated carbocycles. The van der Waals surface area contributed by atoms with E-state index in [2.05, 4.69) is 11.4 Å². The molecule has 9 nitrogen and oxygen atoms in total. The third kappa shape index (κ3) is 6.44. The van der Waals surface area contributed by atoms with Crippen molar-refractivity contribution in [2.45, 2.75) is 88.9 Å². The minimum atomic E-state index is -3.15. The number of nitrogens with zero attached hydrogens (tertiary/aromatic N) is 3. The topological polar surface area (TPSA) is 120 Å². The Hall–Kier alpha value is -2.64. The number of hydrogen-bond acceptors (Lipinski definition) is 6. The SMILES string of the molecule is CC(C)(C)OC(=O)N1[C@@H]2CC[C@@H](C2)[C@H]1C(=O)N[C@H](C#N)Cc1ccc(C2CCN(S(C)(=O)=O)CC2)cc1. The first-order valence-electron chi connectivity index (χ1n) is 13.1. The summed E-state index contributed by atoms with van der Waals surface area (Å²) in [6.07, 6.45) is 5.26. The molecule has 0 radical (unpaired) electrons. The van der Waals surface area contributed by atoms with Crippen LogP contribution in [0.25, 0.3) is 0 Å². The Morgan fingerprint density at radius 3 is 2.35 bits per heavy atom. The molecule has 1 aliphatic carbocycles. The van der Waals surface area contributed by atoms with Gasteiger partial charge in [0.1, 0.15) is 17.7 Å². The van der Waals surface area contributed by atoms with Crippen LogP contribution in [0.5, 0.6) is 0 Å². The molecule has 1 N–H and O–H groups in total. The van der Waals surface area contributed by atoms with Gasteiger partial charge in [0, 0.05) is 25.6 Å². The summed E-state index contributed by atoms with van der Waals surface area (Å²) in [5, 5.41) is 12.6. The standard InChI is InChI=1S/C27H38N4O5S/c1-27(2,3)36-26(33)31-23-10-9-21(16-23)24(31)25(32)29-22(17-28)15-18-5-7-19(8-6-18)20-11-13-30(14-12-20)37(4,34)35/h5-8,20-24H,9-16H2,1-4H3,(H,29,32)/t21-,22-,23+,24-/m0/s1. The first-order chi connectivity index (χ1) is 17.4. The Morgan fingerprint density at radius 1 is 1.14 bits per heavy atom. The summed E-state index contributed by atoms with van der Waals surface area (Å²) in [7, 11) is -3.15. The maximum atomic E-state index is 13.3. The van der Waals surface area contributed by atoms with Crippen molar-refractivity contribution in [2.75, 3.05) is 19.3 Å². The number of ether oxygens (including phenoxy) is 1. The predicted octanol–water partition coefficient (Wildman–Crippen LogP) is 3.16. The van der Waals surface area contributed by atoms with Crippen LogP contribution < -0.4 is 5.32 Å². The van der Waals surface area contributed by atoms with Crippen LogP contribution >= 0.6 is 0 Å². The molecule has 3 aliphatic rings. The van der Waals surface area contributed by atoms with E-state index in [0.717, 1.165) is 43.2 Å². The van der Waals surface area contributed by atoms with Crippen molar-refractivity contribution in [1.82, 2.24) is 14.5 Å². The molecule has 4 atom stereocenters. The molecule has 2 saturated heterocycles. The van der Waals surface area contributed by atoms with Gasteiger partial charge in [-0.15, -0.1) is 0 Å². The monoisotopic (exact) mass is 530 g/mol. The van der Waals surface area contributed by atoms with Crippen LogP contribution in [-0.4, -0.2) is 72.7 Å². The average molecular weight is 531 g/mol. The zero-order valence-corrected chi connectivity index (χ0v) is 23.0. The number of benzene rings is 1. The van der Waals surface area contributed by atoms with Crippen molar-refractivity contribution in [3.8, 4) is 6.07 Å². The second-order valence-electron chi connectivity index (χ2n) is 11.6. The van der Waals surface area contributed by atoms with Crippen LogP contribution in [0, 0.1) is 17.2 Å². The highest BCUT2D eigenvalue weighted by Gasteiger charge is 2.52. The fraction of sp³-hybridized carbons (Fsp3) is 0.667. The van der Waals surface area contributed by atoms with Gasteiger partial charge in [-0.2, -0.15) is 5.26 Å². The zero-order valence-electron chi connectivity index (χ0n) is 22.1. The van der Waals surface area contributed by atoms with E-state index in [-0.39, 0.29) is 17.9 Å². The smallest absolute Gasteiger partial charge is 0.411 e. The number of rotatable bonds is 6. The molecule has 202 valence electrons. The molecule has 1 aromatic carbocycles. The lowest BCUT2D eigenvalue weighted by molar-refractivity contribution is -0.128. The van der Waals surface area contributed by atoms with Crippen LogP contribution in [0.4, 0.5) is 4.79 Å². The third-order valence-corrected chi connectivity index (χ3v) is 9.05. The van der Waals surface area contributed by atoms with Gasteiger partial charge in [-0.3, -0.25) is 9.69 Å². The summed E-state index contributed by atoms with van der Waals surface area (Å²) in [5.41, 5.74) is 1.44. The second-order valence-corrected chi connectivity index (χ2v) is 13.6. The molecule has 0 aromatic heterocycles. The lowest BCUT2D eigenvalue weighted by Gasteiger charge is -2.35. The van der Waals surface area contributed by atoms with Crippen molar-refractivity contribution >= 4 is 22.0 Å². The number of hydrogen-bond donors (Lipinski definition) is 1. The Morgan fingerprint density at radius 2 is 1.78 bits per heavy atom. The van der Waals surface area contributed by atoms with E-state index in [1.807, 2.05) is 45.0 Å². The second kappa shape index (κ2) is 10.6. The minimum Gasteiger partial charge on any atom is -0.444 e. The highest BCUT2D eigenvalue weighted by Crippen LogP contribution is 2.43. The van der Waals surface area contributed by atoms with Crippen molar-refractivity contribution in [3.63, 3.8) is 0 Å². The third-order valence-electron chi connectivity index (χ3n) is 7.74. The highest BCUT2D eigenvalue weighted by molar-refractivity contribution is 7.88. The fourth-order valence-corrected chi connectivity index (χ4v) is 6.85. The minimum absolute atomic E-state index is 0.00739. The van der Waals surface area contributed by atoms with Crippen LogP contribution in [0.3, 0.4) is 0 Å². The van der Waals surface area contributed by atoms with Gasteiger partial charge in [0.25, 0.3) is 0 Å². The number of nitrogens with one attached hydrogen (secondary N) is 1. The van der Waals surface area contributed by atoms with Crippen LogP contribution in [-0.2, 0) is 26.0 Å². The normalized spacial score (nSPS) is 25.5. The molecule has 3 fully saturated rings. The van der Waals surface area contributed by atoms with Crippen molar-refractivity contribution < 1.29 is 22.7 Å². The average Bonchev–Trinajstić information content (AvgIpc) is 3.44. The van der Waals surface area contributed by atoms with E-state index in [1.165, 1.54) is 10.6 Å². The van der Waals surface area contributed by atoms with E-state index in [1.54, 1.807) is 4.90 Å². The van der Waals surface area contributed by atoms with Crippen molar-refractivity contribution in [3.05, 3.63) is 35.4 Å². The Kier molecular flexibility index (Phi) is 7.86. The maximum absolute atomic E-state index is 13.3. The quantitative estimate of drug-likeness (QED) is 0.603. The van der Waals surface area contributed by atoms with Gasteiger partial charge < -0.3 is 10.1 Å². The molecule has 1 aromatic rings. The Balaban J connectivity index is 1.35. The number of amides is 2. The molecule has 0 unspecified atom stereocenters. The number of likely N-dealkylation sites (tertiary alicyclic amines) is 1. The number of carbonyl (C=O) groups excluding carboxylic acids is 2. The van der Waals surface area contributed by atoms with Gasteiger partial charge in [-0.25, -0.2) is 17.5 Å². The largest absolute Gasteiger partial charge is 0.444 e. The predicted molar refractivity (Wildman–Crippen MR) is 139 cm³/mol. The number of piperidine rings is 2. The summed E-state index contributed by atoms with van der Waals surface area (Å²) in [6, 6.07) is 8.90. The van der Waals surface area contributed by atoms with Gasteiger partial charge in [-0.05, 0) is 75.8 Å². The molecule has 2 aliphatic heterocycles. The summed E-state index contributed by atoms with van der Waals surface area (Å²) >= 11 is 0. The van der Waals surface area contributed by atoms with Gasteiger partial charge in [-0.1, -0.05) is 24.3 Å². The van der Waals surface area contributed by atoms with Crippen LogP contribution in [0.1, 0.15) is 69.9 Å². The first-order valence-corrected chi connectivity index (χ1v) is 15.0. The molecule has 37 heavy (non-hydrogen) atoms. The molecular formula is C27H38N4O5S. The van der Waals surface area contributed by atoms with E-state index < -0.39 is 33.8 Å². The Bertz CT molecular complexity index is 1150. The molecule has 0 spiro atoms. The van der Waals surface area contributed by atoms with E-state index in [0.29, 0.717) is 25.4 Å². The summed E-state index contributed by atoms with van der Waals surface area (Å²) in [4.78, 5) is 27.7. The molecular weight excluding hydrogens is 492 g/mol. The molecule has 2 amide bonds. The van der Waals surface area contributed by atoms with Crippen molar-refractivity contribution in [1.29, 1.82) is 5.26 Å². The van der Waals surface area contributed by atoms with Gasteiger partial charge in [0.2, 0.25) is 15.9 Å². The summed E-state index contributed by atoms with van der Waals surface area (Å²) in [5.74, 6) is 0.0965. The maximum Gasteiger partial charge on any atom is 0.411 e. The lowest BCUT2D eigenvalue weighted by atomic mass is 9.89. The van der Waals surface area contributed by atoms with E-state index in [9.17, 15) is 23.3 Å². The van der Waals surface area contributed by atoms with E-state index in [4.69, 9.17) is 4.74 Å². The van der Waals surface area contributed by atoms with Gasteiger partial charge in [0.05, 0.1) is 12.3 Å². The highest BCUT2D eigenvalue weighted by atomic mass is 32.2. The number of fused-ring (bicyclic) bond motifs is 2. The number of nitriles is 1. The summed E-state index contributed by atoms with van der Waals surface area (Å²) in [6.45, 7) is 6.48. The molecule has 2 heterocycles. The fourth-order valence-electron chi connectivity index (χ4n) is 5.97. The van der Waals surface area contributed by atoms with Gasteiger partial charge in [0.15, 0.2) is 0 Å². The number of carbonyl (C=O) groups is 2. The molecule has 2 bridgehead atoms. The van der Waals surface area contributed by atoms with Crippen LogP contribution in [0.15, 0.2) is 24.3 Å². The Labute approximate surface area is 220 Å². The van der Waals surface area contributed by atoms with Crippen molar-refractivity contribution in [2.24, 2.45) is 5.92 Å².